The van der Waals surface area contributed by atoms with E-state index < -0.39 is 52.5 Å². The maximum atomic E-state index is 14.9. The van der Waals surface area contributed by atoms with Crippen LogP contribution in [0.4, 0.5) is 23.2 Å². The Kier molecular flexibility index (Phi) is 13.0. The number of methoxy groups -OCH3 is 1. The summed E-state index contributed by atoms with van der Waals surface area (Å²) in [5, 5.41) is 16.4. The van der Waals surface area contributed by atoms with Gasteiger partial charge in [0.25, 0.3) is 0 Å². The van der Waals surface area contributed by atoms with Crippen LogP contribution in [0.1, 0.15) is 82.2 Å². The van der Waals surface area contributed by atoms with Crippen LogP contribution in [0.25, 0.3) is 10.9 Å². The number of H-pyrrole nitrogens is 1. The van der Waals surface area contributed by atoms with E-state index in [2.05, 4.69) is 15.6 Å². The van der Waals surface area contributed by atoms with Gasteiger partial charge in [0.05, 0.1) is 18.2 Å². The third-order valence-electron chi connectivity index (χ3n) is 11.5. The van der Waals surface area contributed by atoms with E-state index in [1.807, 2.05) is 27.7 Å². The summed E-state index contributed by atoms with van der Waals surface area (Å²) in [4.78, 5) is 59.5. The van der Waals surface area contributed by atoms with E-state index in [0.717, 1.165) is 6.07 Å². The van der Waals surface area contributed by atoms with Crippen LogP contribution in [0.3, 0.4) is 0 Å². The molecule has 2 amide bonds. The molecular weight excluding hydrogens is 730 g/mol. The number of halogens is 4. The van der Waals surface area contributed by atoms with Crippen molar-refractivity contribution in [3.63, 3.8) is 0 Å². The SMILES string of the molecule is CCC(C)[C@H](CC(=O)[C@@]1(NC(=O)[C@@H](CC(=O)Cc2ccccc2F)C(C)CC)CCc2[nH]c3c(C(F)(F)F)cccc3c2C1)C(=O)Nc1ccc(OC)c(O)c1. The molecule has 0 bridgehead atoms. The molecule has 9 nitrogen and oxygen atoms in total. The minimum atomic E-state index is -4.65. The lowest BCUT2D eigenvalue weighted by atomic mass is 9.72. The molecule has 5 atom stereocenters. The first-order chi connectivity index (χ1) is 26.5. The first-order valence-corrected chi connectivity index (χ1v) is 19.0. The number of Topliss-reactive ketones (excluding diaryl/α,β-unsaturated/α-hetero) is 2. The molecule has 1 heterocycles. The van der Waals surface area contributed by atoms with Crippen molar-refractivity contribution in [2.75, 3.05) is 12.4 Å². The highest BCUT2D eigenvalue weighted by atomic mass is 19.4. The van der Waals surface area contributed by atoms with Gasteiger partial charge in [-0.3, -0.25) is 19.2 Å². The monoisotopic (exact) mass is 779 g/mol. The molecule has 3 aromatic carbocycles. The second-order valence-electron chi connectivity index (χ2n) is 15.1. The number of fused-ring (bicyclic) bond motifs is 3. The van der Waals surface area contributed by atoms with Crippen LogP contribution in [0.5, 0.6) is 11.5 Å². The number of carbonyl (C=O) groups excluding carboxylic acids is 4. The number of rotatable bonds is 16. The molecule has 56 heavy (non-hydrogen) atoms. The van der Waals surface area contributed by atoms with Crippen molar-refractivity contribution in [3.8, 4) is 11.5 Å². The fourth-order valence-corrected chi connectivity index (χ4v) is 7.69. The average Bonchev–Trinajstić information content (AvgIpc) is 3.53. The molecule has 5 rings (SSSR count). The third kappa shape index (κ3) is 9.08. The predicted octanol–water partition coefficient (Wildman–Crippen LogP) is 8.51. The Morgan fingerprint density at radius 2 is 1.61 bits per heavy atom. The van der Waals surface area contributed by atoms with E-state index in [-0.39, 0.29) is 89.8 Å². The number of ketones is 2. The molecule has 0 saturated heterocycles. The Hall–Kier alpha value is -5.20. The summed E-state index contributed by atoms with van der Waals surface area (Å²) in [6.07, 6.45) is -4.38. The van der Waals surface area contributed by atoms with Crippen molar-refractivity contribution in [1.29, 1.82) is 0 Å². The van der Waals surface area contributed by atoms with Crippen molar-refractivity contribution in [1.82, 2.24) is 10.3 Å². The van der Waals surface area contributed by atoms with Gasteiger partial charge in [-0.25, -0.2) is 4.39 Å². The van der Waals surface area contributed by atoms with Crippen LogP contribution in [0.2, 0.25) is 0 Å². The second kappa shape index (κ2) is 17.3. The van der Waals surface area contributed by atoms with Crippen molar-refractivity contribution in [2.45, 2.75) is 90.8 Å². The quantitative estimate of drug-likeness (QED) is 0.0842. The van der Waals surface area contributed by atoms with Gasteiger partial charge in [-0.05, 0) is 60.1 Å². The molecule has 4 aromatic rings. The van der Waals surface area contributed by atoms with Gasteiger partial charge >= 0.3 is 6.18 Å². The number of aryl methyl sites for hydroxylation is 1. The van der Waals surface area contributed by atoms with Crippen LogP contribution in [-0.2, 0) is 44.6 Å². The van der Waals surface area contributed by atoms with Crippen molar-refractivity contribution in [2.24, 2.45) is 23.7 Å². The van der Waals surface area contributed by atoms with Gasteiger partial charge in [0.15, 0.2) is 17.3 Å². The topological polar surface area (TPSA) is 138 Å². The zero-order chi connectivity index (χ0) is 40.9. The molecule has 0 spiro atoms. The van der Waals surface area contributed by atoms with Crippen LogP contribution < -0.4 is 15.4 Å². The summed E-state index contributed by atoms with van der Waals surface area (Å²) in [5.41, 5.74) is -1.16. The second-order valence-corrected chi connectivity index (χ2v) is 15.1. The number of phenolic OH excluding ortho intramolecular Hbond substituents is 1. The van der Waals surface area contributed by atoms with Crippen molar-refractivity contribution in [3.05, 3.63) is 88.9 Å². The van der Waals surface area contributed by atoms with Gasteiger partial charge in [0.2, 0.25) is 11.8 Å². The van der Waals surface area contributed by atoms with E-state index >= 15 is 0 Å². The predicted molar refractivity (Wildman–Crippen MR) is 205 cm³/mol. The molecule has 0 saturated carbocycles. The number of hydrogen-bond acceptors (Lipinski definition) is 6. The Labute approximate surface area is 323 Å². The highest BCUT2D eigenvalue weighted by Crippen LogP contribution is 2.41. The van der Waals surface area contributed by atoms with Crippen LogP contribution >= 0.6 is 0 Å². The first kappa shape index (κ1) is 42.0. The maximum Gasteiger partial charge on any atom is 0.418 e. The summed E-state index contributed by atoms with van der Waals surface area (Å²) in [5.74, 6) is -4.87. The summed E-state index contributed by atoms with van der Waals surface area (Å²) in [6, 6.07) is 14.1. The molecule has 13 heteroatoms. The summed E-state index contributed by atoms with van der Waals surface area (Å²) in [7, 11) is 1.39. The van der Waals surface area contributed by atoms with Gasteiger partial charge in [-0.2, -0.15) is 13.2 Å². The number of phenols is 1. The summed E-state index contributed by atoms with van der Waals surface area (Å²) in [6.45, 7) is 7.37. The zero-order valence-electron chi connectivity index (χ0n) is 32.2. The fraction of sp³-hybridized carbons (Fsp3) is 0.442. The van der Waals surface area contributed by atoms with E-state index in [1.165, 1.54) is 43.5 Å². The van der Waals surface area contributed by atoms with E-state index in [9.17, 15) is 41.8 Å². The maximum absolute atomic E-state index is 14.9. The Balaban J connectivity index is 1.51. The number of aromatic nitrogens is 1. The number of nitrogens with one attached hydrogen (secondary N) is 3. The fourth-order valence-electron chi connectivity index (χ4n) is 7.69. The van der Waals surface area contributed by atoms with Gasteiger partial charge in [-0.15, -0.1) is 0 Å². The molecule has 300 valence electrons. The van der Waals surface area contributed by atoms with E-state index in [0.29, 0.717) is 24.1 Å². The number of benzene rings is 3. The number of amides is 2. The lowest BCUT2D eigenvalue weighted by Crippen LogP contribution is -2.60. The zero-order valence-corrected chi connectivity index (χ0v) is 32.2. The number of aromatic amines is 1. The normalized spacial score (nSPS) is 17.7. The third-order valence-corrected chi connectivity index (χ3v) is 11.5. The largest absolute Gasteiger partial charge is 0.504 e. The van der Waals surface area contributed by atoms with Gasteiger partial charge in [0.1, 0.15) is 17.1 Å². The highest BCUT2D eigenvalue weighted by molar-refractivity contribution is 6.01. The van der Waals surface area contributed by atoms with E-state index in [1.54, 1.807) is 18.2 Å². The van der Waals surface area contributed by atoms with E-state index in [4.69, 9.17) is 4.74 Å². The smallest absolute Gasteiger partial charge is 0.418 e. The van der Waals surface area contributed by atoms with Gasteiger partial charge in [-0.1, -0.05) is 70.9 Å². The molecule has 0 fully saturated rings. The molecule has 0 radical (unpaired) electrons. The summed E-state index contributed by atoms with van der Waals surface area (Å²) >= 11 is 0. The number of anilines is 1. The van der Waals surface area contributed by atoms with Gasteiger partial charge in [0, 0.05) is 60.4 Å². The number of carbonyl (C=O) groups is 4. The molecule has 1 aromatic heterocycles. The van der Waals surface area contributed by atoms with Crippen LogP contribution in [0.15, 0.2) is 60.7 Å². The Bertz CT molecular complexity index is 2100. The molecular formula is C43H49F4N3O6. The Morgan fingerprint density at radius 1 is 0.929 bits per heavy atom. The minimum Gasteiger partial charge on any atom is -0.504 e. The van der Waals surface area contributed by atoms with Crippen LogP contribution in [0, 0.1) is 29.5 Å². The first-order valence-electron chi connectivity index (χ1n) is 19.0. The lowest BCUT2D eigenvalue weighted by molar-refractivity contribution is -0.138. The average molecular weight is 780 g/mol. The number of para-hydroxylation sites is 1. The lowest BCUT2D eigenvalue weighted by Gasteiger charge is -2.39. The molecule has 2 unspecified atom stereocenters. The van der Waals surface area contributed by atoms with Gasteiger partial charge < -0.3 is 25.5 Å². The number of alkyl halides is 3. The van der Waals surface area contributed by atoms with Crippen LogP contribution in [-0.4, -0.2) is 46.1 Å². The molecule has 1 aliphatic carbocycles. The summed E-state index contributed by atoms with van der Waals surface area (Å²) < 4.78 is 61.9. The minimum absolute atomic E-state index is 0.0241. The Morgan fingerprint density at radius 3 is 2.23 bits per heavy atom. The molecule has 4 N–H and O–H groups in total. The number of aromatic hydroxyl groups is 1. The standard InChI is InChI=1S/C43H49F4N3O6/c1-6-24(3)30(21-28(51)19-26-11-8-9-14-34(26)44)41(55)50-42(18-17-35-32(23-42)29-12-10-13-33(39(29)49-35)43(45,46)47)38(53)22-31(25(4)7-2)40(54)48-27-15-16-37(56-5)36(52)20-27/h8-16,20,24-25,30-31,49,52H,6-7,17-19,21-23H2,1-5H3,(H,48,54)(H,50,55)/t24?,25?,30-,31-,42+/m0/s1. The van der Waals surface area contributed by atoms with Crippen molar-refractivity contribution < 1.29 is 46.6 Å². The van der Waals surface area contributed by atoms with Crippen molar-refractivity contribution >= 4 is 40.0 Å². The number of hydrogen-bond donors (Lipinski definition) is 4. The molecule has 0 aliphatic heterocycles. The number of ether oxygens (including phenoxy) is 1. The highest BCUT2D eigenvalue weighted by Gasteiger charge is 2.47. The molecule has 1 aliphatic rings.